The van der Waals surface area contributed by atoms with E-state index in [1.165, 1.54) is 0 Å². The molecule has 0 aliphatic rings. The number of pyridine rings is 1. The number of hydrogen-bond acceptors (Lipinski definition) is 2. The van der Waals surface area contributed by atoms with Crippen molar-refractivity contribution in [3.63, 3.8) is 0 Å². The fourth-order valence-electron chi connectivity index (χ4n) is 1.20. The maximum atomic E-state index is 11.2. The van der Waals surface area contributed by atoms with E-state index in [1.807, 2.05) is 19.9 Å². The van der Waals surface area contributed by atoms with Gasteiger partial charge in [0.2, 0.25) is 0 Å². The zero-order chi connectivity index (χ0) is 10.0. The van der Waals surface area contributed by atoms with Crippen LogP contribution in [0.2, 0.25) is 0 Å². The van der Waals surface area contributed by atoms with Gasteiger partial charge in [0.25, 0.3) is 5.56 Å². The summed E-state index contributed by atoms with van der Waals surface area (Å²) in [6, 6.07) is 1.91. The zero-order valence-electron chi connectivity index (χ0n) is 7.39. The minimum Gasteiger partial charge on any atom is -0.327 e. The molecule has 1 N–H and O–H groups in total. The first kappa shape index (κ1) is 10.0. The molecular weight excluding hydrogens is 232 g/mol. The molecule has 0 spiro atoms. The summed E-state index contributed by atoms with van der Waals surface area (Å²) >= 11 is 3.30. The minimum absolute atomic E-state index is 0.159. The van der Waals surface area contributed by atoms with Gasteiger partial charge < -0.3 is 4.98 Å². The van der Waals surface area contributed by atoms with Crippen molar-refractivity contribution in [2.45, 2.75) is 19.8 Å². The van der Waals surface area contributed by atoms with Crippen molar-refractivity contribution in [3.05, 3.63) is 32.2 Å². The first-order chi connectivity index (χ1) is 6.07. The number of halogens is 1. The van der Waals surface area contributed by atoms with E-state index in [0.717, 1.165) is 10.0 Å². The molecule has 1 rings (SSSR count). The number of nitriles is 1. The van der Waals surface area contributed by atoms with Crippen molar-refractivity contribution in [2.75, 3.05) is 0 Å². The highest BCUT2D eigenvalue weighted by atomic mass is 79.9. The second-order valence-corrected chi connectivity index (χ2v) is 3.88. The van der Waals surface area contributed by atoms with E-state index in [9.17, 15) is 4.79 Å². The fraction of sp³-hybridized carbons (Fsp3) is 0.333. The van der Waals surface area contributed by atoms with Gasteiger partial charge in [-0.15, -0.1) is 0 Å². The van der Waals surface area contributed by atoms with Gasteiger partial charge in [0.15, 0.2) is 0 Å². The lowest BCUT2D eigenvalue weighted by molar-refractivity contribution is 0.847. The van der Waals surface area contributed by atoms with Gasteiger partial charge in [0.1, 0.15) is 11.6 Å². The Morgan fingerprint density at radius 2 is 2.23 bits per heavy atom. The van der Waals surface area contributed by atoms with Crippen molar-refractivity contribution in [1.82, 2.24) is 4.98 Å². The highest BCUT2D eigenvalue weighted by Crippen LogP contribution is 2.24. The summed E-state index contributed by atoms with van der Waals surface area (Å²) in [4.78, 5) is 13.7. The van der Waals surface area contributed by atoms with Crippen LogP contribution in [0.3, 0.4) is 0 Å². The van der Waals surface area contributed by atoms with E-state index in [0.29, 0.717) is 0 Å². The third kappa shape index (κ3) is 1.81. The smallest absolute Gasteiger partial charge is 0.266 e. The van der Waals surface area contributed by atoms with Crippen LogP contribution in [0.5, 0.6) is 0 Å². The SMILES string of the molecule is CC(C)c1c(Br)c[nH]c(=O)c1C#N. The van der Waals surface area contributed by atoms with Crippen LogP contribution in [0.25, 0.3) is 0 Å². The normalized spacial score (nSPS) is 10.1. The lowest BCUT2D eigenvalue weighted by atomic mass is 10.00. The van der Waals surface area contributed by atoms with Crippen LogP contribution in [-0.4, -0.2) is 4.98 Å². The summed E-state index contributed by atoms with van der Waals surface area (Å²) in [6.45, 7) is 3.89. The fourth-order valence-corrected chi connectivity index (χ4v) is 1.97. The molecule has 68 valence electrons. The summed E-state index contributed by atoms with van der Waals surface area (Å²) in [5, 5.41) is 8.78. The van der Waals surface area contributed by atoms with Crippen LogP contribution in [0, 0.1) is 11.3 Å². The molecule has 1 aromatic rings. The molecule has 0 radical (unpaired) electrons. The molecule has 0 amide bonds. The Bertz CT molecular complexity index is 415. The molecule has 0 unspecified atom stereocenters. The summed E-state index contributed by atoms with van der Waals surface area (Å²) in [5.74, 6) is 0.159. The van der Waals surface area contributed by atoms with E-state index in [2.05, 4.69) is 20.9 Å². The van der Waals surface area contributed by atoms with Crippen molar-refractivity contribution in [1.29, 1.82) is 5.26 Å². The van der Waals surface area contributed by atoms with Crippen molar-refractivity contribution < 1.29 is 0 Å². The van der Waals surface area contributed by atoms with Crippen LogP contribution >= 0.6 is 15.9 Å². The first-order valence-corrected chi connectivity index (χ1v) is 4.68. The Morgan fingerprint density at radius 1 is 1.62 bits per heavy atom. The number of aromatic nitrogens is 1. The van der Waals surface area contributed by atoms with E-state index < -0.39 is 0 Å². The lowest BCUT2D eigenvalue weighted by Gasteiger charge is -2.08. The average molecular weight is 241 g/mol. The molecule has 0 saturated heterocycles. The minimum atomic E-state index is -0.325. The summed E-state index contributed by atoms with van der Waals surface area (Å²) in [7, 11) is 0. The number of aromatic amines is 1. The summed E-state index contributed by atoms with van der Waals surface area (Å²) in [5.41, 5.74) is 0.644. The molecule has 3 nitrogen and oxygen atoms in total. The Balaban J connectivity index is 3.56. The lowest BCUT2D eigenvalue weighted by Crippen LogP contribution is -2.13. The summed E-state index contributed by atoms with van der Waals surface area (Å²) in [6.07, 6.45) is 1.57. The number of rotatable bonds is 1. The molecular formula is C9H9BrN2O. The van der Waals surface area contributed by atoms with Crippen LogP contribution in [0.4, 0.5) is 0 Å². The van der Waals surface area contributed by atoms with Gasteiger partial charge in [-0.3, -0.25) is 4.79 Å². The van der Waals surface area contributed by atoms with Crippen LogP contribution in [0.1, 0.15) is 30.9 Å². The molecule has 4 heteroatoms. The van der Waals surface area contributed by atoms with Gasteiger partial charge in [0.05, 0.1) is 0 Å². The number of nitrogens with zero attached hydrogens (tertiary/aromatic N) is 1. The van der Waals surface area contributed by atoms with Gasteiger partial charge in [-0.2, -0.15) is 5.26 Å². The maximum absolute atomic E-state index is 11.2. The van der Waals surface area contributed by atoms with E-state index >= 15 is 0 Å². The van der Waals surface area contributed by atoms with Gasteiger partial charge in [-0.05, 0) is 27.4 Å². The van der Waals surface area contributed by atoms with Gasteiger partial charge in [0, 0.05) is 10.7 Å². The van der Waals surface area contributed by atoms with Gasteiger partial charge in [-0.25, -0.2) is 0 Å². The molecule has 0 bridgehead atoms. The number of nitrogens with one attached hydrogen (secondary N) is 1. The van der Waals surface area contributed by atoms with Crippen molar-refractivity contribution >= 4 is 15.9 Å². The largest absolute Gasteiger partial charge is 0.327 e. The predicted molar refractivity (Wildman–Crippen MR) is 53.6 cm³/mol. The van der Waals surface area contributed by atoms with Crippen molar-refractivity contribution in [2.24, 2.45) is 0 Å². The Kier molecular flexibility index (Phi) is 2.89. The monoisotopic (exact) mass is 240 g/mol. The molecule has 0 aliphatic heterocycles. The third-order valence-electron chi connectivity index (χ3n) is 1.77. The summed E-state index contributed by atoms with van der Waals surface area (Å²) < 4.78 is 0.777. The average Bonchev–Trinajstić information content (AvgIpc) is 2.07. The maximum Gasteiger partial charge on any atom is 0.266 e. The Hall–Kier alpha value is -1.08. The van der Waals surface area contributed by atoms with Crippen LogP contribution in [0.15, 0.2) is 15.5 Å². The zero-order valence-corrected chi connectivity index (χ0v) is 8.97. The van der Waals surface area contributed by atoms with Crippen LogP contribution < -0.4 is 5.56 Å². The van der Waals surface area contributed by atoms with E-state index in [4.69, 9.17) is 5.26 Å². The molecule has 1 aromatic heterocycles. The molecule has 0 saturated carbocycles. The first-order valence-electron chi connectivity index (χ1n) is 3.89. The highest BCUT2D eigenvalue weighted by Gasteiger charge is 2.13. The number of hydrogen-bond donors (Lipinski definition) is 1. The standard InChI is InChI=1S/C9H9BrN2O/c1-5(2)8-6(3-11)9(13)12-4-7(8)10/h4-5H,1-2H3,(H,12,13). The topological polar surface area (TPSA) is 56.6 Å². The van der Waals surface area contributed by atoms with Crippen LogP contribution in [-0.2, 0) is 0 Å². The molecule has 0 aromatic carbocycles. The van der Waals surface area contributed by atoms with Gasteiger partial charge >= 0.3 is 0 Å². The van der Waals surface area contributed by atoms with Gasteiger partial charge in [-0.1, -0.05) is 13.8 Å². The molecule has 0 fully saturated rings. The molecule has 1 heterocycles. The predicted octanol–water partition coefficient (Wildman–Crippen LogP) is 2.13. The van der Waals surface area contributed by atoms with E-state index in [-0.39, 0.29) is 17.0 Å². The Morgan fingerprint density at radius 3 is 2.62 bits per heavy atom. The molecule has 0 aliphatic carbocycles. The molecule has 0 atom stereocenters. The second-order valence-electron chi connectivity index (χ2n) is 3.02. The second kappa shape index (κ2) is 3.75. The highest BCUT2D eigenvalue weighted by molar-refractivity contribution is 9.10. The quantitative estimate of drug-likeness (QED) is 0.818. The number of H-pyrrole nitrogens is 1. The third-order valence-corrected chi connectivity index (χ3v) is 2.43. The van der Waals surface area contributed by atoms with Crippen molar-refractivity contribution in [3.8, 4) is 6.07 Å². The molecule has 13 heavy (non-hydrogen) atoms. The Labute approximate surface area is 84.5 Å². The van der Waals surface area contributed by atoms with E-state index in [1.54, 1.807) is 6.20 Å².